The average Bonchev–Trinajstić information content (AvgIpc) is 2.62. The zero-order valence-electron chi connectivity index (χ0n) is 14.9. The number of allylic oxidation sites excluding steroid dienone is 2. The van der Waals surface area contributed by atoms with Gasteiger partial charge in [0.15, 0.2) is 5.78 Å². The fraction of sp³-hybridized carbons (Fsp3) is 0.348. The van der Waals surface area contributed by atoms with Crippen LogP contribution in [0.15, 0.2) is 60.7 Å². The molecule has 2 heteroatoms. The number of carbonyl (C=O) groups is 1. The summed E-state index contributed by atoms with van der Waals surface area (Å²) in [5, 5.41) is 0. The number of ether oxygens (including phenoxy) is 1. The second-order valence-corrected chi connectivity index (χ2v) is 7.82. The van der Waals surface area contributed by atoms with Crippen LogP contribution in [0.25, 0.3) is 0 Å². The summed E-state index contributed by atoms with van der Waals surface area (Å²) < 4.78 is 5.99. The van der Waals surface area contributed by atoms with E-state index in [1.165, 1.54) is 16.7 Å². The lowest BCUT2D eigenvalue weighted by Gasteiger charge is -2.51. The van der Waals surface area contributed by atoms with Crippen LogP contribution in [0.4, 0.5) is 0 Å². The molecule has 0 spiro atoms. The van der Waals surface area contributed by atoms with Crippen molar-refractivity contribution in [3.8, 4) is 5.75 Å². The number of fused-ring (bicyclic) bond motifs is 3. The summed E-state index contributed by atoms with van der Waals surface area (Å²) >= 11 is 0. The second kappa shape index (κ2) is 5.87. The van der Waals surface area contributed by atoms with E-state index < -0.39 is 0 Å². The van der Waals surface area contributed by atoms with Gasteiger partial charge >= 0.3 is 0 Å². The van der Waals surface area contributed by atoms with Gasteiger partial charge in [-0.2, -0.15) is 0 Å². The molecule has 25 heavy (non-hydrogen) atoms. The molecule has 0 saturated heterocycles. The first-order valence-electron chi connectivity index (χ1n) is 9.02. The van der Waals surface area contributed by atoms with Gasteiger partial charge in [0.1, 0.15) is 12.4 Å². The van der Waals surface area contributed by atoms with Crippen LogP contribution in [-0.4, -0.2) is 5.78 Å². The van der Waals surface area contributed by atoms with Gasteiger partial charge in [-0.05, 0) is 53.2 Å². The van der Waals surface area contributed by atoms with Crippen molar-refractivity contribution in [1.82, 2.24) is 0 Å². The quantitative estimate of drug-likeness (QED) is 0.790. The first-order valence-corrected chi connectivity index (χ1v) is 9.02. The Morgan fingerprint density at radius 3 is 2.68 bits per heavy atom. The highest BCUT2D eigenvalue weighted by atomic mass is 16.5. The monoisotopic (exact) mass is 332 g/mol. The van der Waals surface area contributed by atoms with E-state index in [1.807, 2.05) is 18.2 Å². The molecule has 0 fully saturated rings. The Hall–Kier alpha value is -2.35. The molecule has 0 aliphatic heterocycles. The molecule has 2 atom stereocenters. The number of hydrogen-bond donors (Lipinski definition) is 0. The van der Waals surface area contributed by atoms with E-state index in [1.54, 1.807) is 6.08 Å². The van der Waals surface area contributed by atoms with Gasteiger partial charge in [0.2, 0.25) is 0 Å². The van der Waals surface area contributed by atoms with E-state index in [-0.39, 0.29) is 16.6 Å². The van der Waals surface area contributed by atoms with Crippen molar-refractivity contribution in [2.45, 2.75) is 45.1 Å². The Morgan fingerprint density at radius 2 is 1.88 bits per heavy atom. The molecule has 0 bridgehead atoms. The van der Waals surface area contributed by atoms with Gasteiger partial charge in [0, 0.05) is 11.8 Å². The normalized spacial score (nSPS) is 27.5. The average molecular weight is 332 g/mol. The number of benzene rings is 2. The Balaban J connectivity index is 1.62. The van der Waals surface area contributed by atoms with Crippen molar-refractivity contribution < 1.29 is 9.53 Å². The zero-order valence-corrected chi connectivity index (χ0v) is 14.9. The number of ketones is 1. The van der Waals surface area contributed by atoms with Crippen LogP contribution in [0.2, 0.25) is 0 Å². The fourth-order valence-electron chi connectivity index (χ4n) is 4.37. The molecule has 2 aromatic carbocycles. The van der Waals surface area contributed by atoms with Gasteiger partial charge in [-0.15, -0.1) is 0 Å². The number of rotatable bonds is 3. The summed E-state index contributed by atoms with van der Waals surface area (Å²) in [6.45, 7) is 5.12. The minimum atomic E-state index is -0.121. The Bertz CT molecular complexity index is 836. The van der Waals surface area contributed by atoms with E-state index in [2.05, 4.69) is 50.3 Å². The van der Waals surface area contributed by atoms with Crippen molar-refractivity contribution in [2.24, 2.45) is 5.41 Å². The zero-order chi connectivity index (χ0) is 17.5. The first kappa shape index (κ1) is 16.1. The summed E-state index contributed by atoms with van der Waals surface area (Å²) in [6.07, 6.45) is 6.62. The van der Waals surface area contributed by atoms with E-state index in [0.29, 0.717) is 13.0 Å². The van der Waals surface area contributed by atoms with Crippen LogP contribution in [0.5, 0.6) is 5.75 Å². The van der Waals surface area contributed by atoms with Gasteiger partial charge in [-0.1, -0.05) is 56.3 Å². The summed E-state index contributed by atoms with van der Waals surface area (Å²) in [6, 6.07) is 16.6. The lowest BCUT2D eigenvalue weighted by Crippen LogP contribution is -2.47. The Morgan fingerprint density at radius 1 is 1.08 bits per heavy atom. The standard InChI is InChI=1S/C23H24O2/c1-22-12-10-18-14-20(25-16-17-6-4-3-5-7-17)8-9-21(18)23(22,2)15-19(24)11-13-22/h3-9,11,13-14H,10,12,15-16H2,1-2H3/t22-,23?/m0/s1. The molecular formula is C23H24O2. The number of carbonyl (C=O) groups excluding carboxylic acids is 1. The van der Waals surface area contributed by atoms with E-state index in [0.717, 1.165) is 18.6 Å². The van der Waals surface area contributed by atoms with Gasteiger partial charge < -0.3 is 4.74 Å². The van der Waals surface area contributed by atoms with Crippen LogP contribution in [0, 0.1) is 5.41 Å². The lowest BCUT2D eigenvalue weighted by molar-refractivity contribution is -0.117. The van der Waals surface area contributed by atoms with Crippen molar-refractivity contribution in [1.29, 1.82) is 0 Å². The number of hydrogen-bond acceptors (Lipinski definition) is 2. The maximum atomic E-state index is 12.1. The van der Waals surface area contributed by atoms with Crippen molar-refractivity contribution in [3.63, 3.8) is 0 Å². The van der Waals surface area contributed by atoms with Crippen LogP contribution < -0.4 is 4.74 Å². The molecule has 2 nitrogen and oxygen atoms in total. The van der Waals surface area contributed by atoms with Gasteiger partial charge in [-0.25, -0.2) is 0 Å². The van der Waals surface area contributed by atoms with Crippen LogP contribution in [-0.2, 0) is 23.2 Å². The highest BCUT2D eigenvalue weighted by molar-refractivity contribution is 5.92. The van der Waals surface area contributed by atoms with Crippen molar-refractivity contribution in [3.05, 3.63) is 77.4 Å². The van der Waals surface area contributed by atoms with Gasteiger partial charge in [0.05, 0.1) is 0 Å². The topological polar surface area (TPSA) is 26.3 Å². The van der Waals surface area contributed by atoms with Crippen molar-refractivity contribution >= 4 is 5.78 Å². The third-order valence-electron chi connectivity index (χ3n) is 6.26. The molecule has 2 aliphatic rings. The minimum Gasteiger partial charge on any atom is -0.489 e. The summed E-state index contributed by atoms with van der Waals surface area (Å²) in [5.74, 6) is 1.14. The fourth-order valence-corrected chi connectivity index (χ4v) is 4.37. The second-order valence-electron chi connectivity index (χ2n) is 7.82. The molecule has 128 valence electrons. The largest absolute Gasteiger partial charge is 0.489 e. The molecule has 4 rings (SSSR count). The lowest BCUT2D eigenvalue weighted by atomic mass is 9.52. The Kier molecular flexibility index (Phi) is 3.79. The van der Waals surface area contributed by atoms with Gasteiger partial charge in [-0.3, -0.25) is 4.79 Å². The molecule has 0 aromatic heterocycles. The minimum absolute atomic E-state index is 0.0559. The first-order chi connectivity index (χ1) is 12.0. The summed E-state index contributed by atoms with van der Waals surface area (Å²) in [5.41, 5.74) is 3.74. The molecule has 2 aromatic rings. The smallest absolute Gasteiger partial charge is 0.156 e. The Labute approximate surface area is 149 Å². The molecule has 0 amide bonds. The predicted octanol–water partition coefficient (Wildman–Crippen LogP) is 5.00. The molecule has 0 heterocycles. The maximum absolute atomic E-state index is 12.1. The van der Waals surface area contributed by atoms with Gasteiger partial charge in [0.25, 0.3) is 0 Å². The van der Waals surface area contributed by atoms with E-state index >= 15 is 0 Å². The van der Waals surface area contributed by atoms with Crippen LogP contribution in [0.1, 0.15) is 43.4 Å². The molecule has 0 saturated carbocycles. The van der Waals surface area contributed by atoms with Crippen molar-refractivity contribution in [2.75, 3.05) is 0 Å². The SMILES string of the molecule is CC12CC(=O)C=C[C@]1(C)CCc1cc(OCc3ccccc3)ccc12. The number of aryl methyl sites for hydroxylation is 1. The summed E-state index contributed by atoms with van der Waals surface area (Å²) in [4.78, 5) is 12.1. The molecule has 0 radical (unpaired) electrons. The van der Waals surface area contributed by atoms with E-state index in [9.17, 15) is 4.79 Å². The van der Waals surface area contributed by atoms with Crippen LogP contribution in [0.3, 0.4) is 0 Å². The third kappa shape index (κ3) is 2.70. The molecule has 2 aliphatic carbocycles. The molecule has 0 N–H and O–H groups in total. The molecule has 1 unspecified atom stereocenters. The predicted molar refractivity (Wildman–Crippen MR) is 99.8 cm³/mol. The maximum Gasteiger partial charge on any atom is 0.156 e. The van der Waals surface area contributed by atoms with Crippen LogP contribution >= 0.6 is 0 Å². The summed E-state index contributed by atoms with van der Waals surface area (Å²) in [7, 11) is 0. The highest BCUT2D eigenvalue weighted by Crippen LogP contribution is 2.55. The van der Waals surface area contributed by atoms with E-state index in [4.69, 9.17) is 4.74 Å². The molecular weight excluding hydrogens is 308 g/mol. The highest BCUT2D eigenvalue weighted by Gasteiger charge is 2.50. The third-order valence-corrected chi connectivity index (χ3v) is 6.26.